The van der Waals surface area contributed by atoms with E-state index in [9.17, 15) is 4.79 Å². The van der Waals surface area contributed by atoms with Crippen LogP contribution in [0, 0.1) is 13.8 Å². The zero-order chi connectivity index (χ0) is 22.7. The molecule has 0 fully saturated rings. The third-order valence-corrected chi connectivity index (χ3v) is 5.81. The van der Waals surface area contributed by atoms with Gasteiger partial charge in [0, 0.05) is 25.8 Å². The van der Waals surface area contributed by atoms with E-state index in [0.717, 1.165) is 39.1 Å². The van der Waals surface area contributed by atoms with Crippen LogP contribution >= 0.6 is 12.2 Å². The number of thiocarbonyl (C=S) groups is 1. The number of H-pyrrole nitrogens is 1. The molecule has 2 N–H and O–H groups in total. The molecule has 0 amide bonds. The van der Waals surface area contributed by atoms with Gasteiger partial charge in [-0.1, -0.05) is 17.7 Å². The van der Waals surface area contributed by atoms with Crippen LogP contribution in [0.4, 0.5) is 0 Å². The van der Waals surface area contributed by atoms with Crippen molar-refractivity contribution < 1.29 is 14.2 Å². The number of rotatable bonds is 7. The van der Waals surface area contributed by atoms with Gasteiger partial charge in [-0.05, 0) is 66.8 Å². The molecule has 2 aromatic carbocycles. The molecule has 8 heteroatoms. The molecule has 0 saturated heterocycles. The summed E-state index contributed by atoms with van der Waals surface area (Å²) in [6.07, 6.45) is 0. The van der Waals surface area contributed by atoms with Crippen LogP contribution in [0.5, 0.6) is 11.5 Å². The Hall–Kier alpha value is -3.10. The first-order chi connectivity index (χ1) is 15.4. The Morgan fingerprint density at radius 3 is 2.78 bits per heavy atom. The van der Waals surface area contributed by atoms with Gasteiger partial charge in [0.2, 0.25) is 6.79 Å². The molecule has 1 aliphatic rings. The van der Waals surface area contributed by atoms with E-state index in [4.69, 9.17) is 26.4 Å². The summed E-state index contributed by atoms with van der Waals surface area (Å²) in [5.41, 5.74) is 4.63. The molecular weight excluding hydrogens is 426 g/mol. The van der Waals surface area contributed by atoms with Crippen LogP contribution in [0.25, 0.3) is 10.9 Å². The Labute approximate surface area is 192 Å². The van der Waals surface area contributed by atoms with Gasteiger partial charge in [-0.25, -0.2) is 0 Å². The van der Waals surface area contributed by atoms with Crippen LogP contribution in [-0.4, -0.2) is 42.1 Å². The van der Waals surface area contributed by atoms with Crippen LogP contribution in [0.15, 0.2) is 41.2 Å². The number of aromatic nitrogens is 1. The lowest BCUT2D eigenvalue weighted by Gasteiger charge is -2.26. The number of benzene rings is 2. The summed E-state index contributed by atoms with van der Waals surface area (Å²) >= 11 is 5.66. The highest BCUT2D eigenvalue weighted by atomic mass is 32.1. The van der Waals surface area contributed by atoms with E-state index in [-0.39, 0.29) is 12.4 Å². The highest BCUT2D eigenvalue weighted by Crippen LogP contribution is 2.33. The molecule has 3 aromatic rings. The van der Waals surface area contributed by atoms with Gasteiger partial charge in [-0.2, -0.15) is 0 Å². The molecule has 0 saturated carbocycles. The molecule has 0 spiro atoms. The van der Waals surface area contributed by atoms with E-state index in [2.05, 4.69) is 29.4 Å². The fourth-order valence-electron chi connectivity index (χ4n) is 3.89. The zero-order valence-corrected chi connectivity index (χ0v) is 19.3. The number of aromatic amines is 1. The van der Waals surface area contributed by atoms with Crippen molar-refractivity contribution in [2.45, 2.75) is 26.9 Å². The minimum Gasteiger partial charge on any atom is -0.454 e. The van der Waals surface area contributed by atoms with Crippen LogP contribution in [-0.2, 0) is 17.8 Å². The van der Waals surface area contributed by atoms with E-state index < -0.39 is 0 Å². The van der Waals surface area contributed by atoms with Gasteiger partial charge in [0.15, 0.2) is 16.6 Å². The lowest BCUT2D eigenvalue weighted by atomic mass is 10.0. The molecular formula is C24H27N3O4S. The number of ether oxygens (including phenoxy) is 3. The van der Waals surface area contributed by atoms with Crippen LogP contribution < -0.4 is 20.3 Å². The predicted molar refractivity (Wildman–Crippen MR) is 128 cm³/mol. The minimum atomic E-state index is -0.111. The van der Waals surface area contributed by atoms with E-state index in [1.807, 2.05) is 36.1 Å². The first-order valence-corrected chi connectivity index (χ1v) is 10.9. The van der Waals surface area contributed by atoms with Gasteiger partial charge in [0.05, 0.1) is 18.7 Å². The first-order valence-electron chi connectivity index (χ1n) is 10.5. The molecule has 0 unspecified atom stereocenters. The zero-order valence-electron chi connectivity index (χ0n) is 18.5. The molecule has 32 heavy (non-hydrogen) atoms. The largest absolute Gasteiger partial charge is 0.454 e. The van der Waals surface area contributed by atoms with E-state index in [1.54, 1.807) is 7.11 Å². The molecule has 1 aliphatic heterocycles. The smallest absolute Gasteiger partial charge is 0.253 e. The lowest BCUT2D eigenvalue weighted by Crippen LogP contribution is -2.41. The van der Waals surface area contributed by atoms with E-state index >= 15 is 0 Å². The lowest BCUT2D eigenvalue weighted by molar-refractivity contribution is 0.174. The van der Waals surface area contributed by atoms with Gasteiger partial charge in [0.1, 0.15) is 0 Å². The number of aryl methyl sites for hydroxylation is 2. The maximum atomic E-state index is 12.9. The summed E-state index contributed by atoms with van der Waals surface area (Å²) < 4.78 is 16.0. The van der Waals surface area contributed by atoms with Gasteiger partial charge >= 0.3 is 0 Å². The third-order valence-electron chi connectivity index (χ3n) is 5.41. The molecule has 0 radical (unpaired) electrons. The van der Waals surface area contributed by atoms with Gasteiger partial charge < -0.3 is 29.4 Å². The van der Waals surface area contributed by atoms with Crippen LogP contribution in [0.1, 0.15) is 22.3 Å². The molecule has 2 heterocycles. The molecule has 1 aromatic heterocycles. The van der Waals surface area contributed by atoms with Crippen molar-refractivity contribution in [3.05, 3.63) is 69.0 Å². The number of nitrogens with one attached hydrogen (secondary N) is 2. The van der Waals surface area contributed by atoms with E-state index in [1.165, 1.54) is 0 Å². The predicted octanol–water partition coefficient (Wildman–Crippen LogP) is 3.40. The summed E-state index contributed by atoms with van der Waals surface area (Å²) in [5, 5.41) is 4.78. The van der Waals surface area contributed by atoms with Gasteiger partial charge in [-0.15, -0.1) is 0 Å². The van der Waals surface area contributed by atoms with Crippen LogP contribution in [0.3, 0.4) is 0 Å². The van der Waals surface area contributed by atoms with Gasteiger partial charge in [0.25, 0.3) is 5.56 Å². The Morgan fingerprint density at radius 1 is 1.16 bits per heavy atom. The molecule has 168 valence electrons. The van der Waals surface area contributed by atoms with Crippen molar-refractivity contribution in [1.29, 1.82) is 0 Å². The Balaban J connectivity index is 1.63. The number of fused-ring (bicyclic) bond motifs is 2. The summed E-state index contributed by atoms with van der Waals surface area (Å²) in [5.74, 6) is 1.45. The summed E-state index contributed by atoms with van der Waals surface area (Å²) in [7, 11) is 1.65. The maximum absolute atomic E-state index is 12.9. The molecule has 4 rings (SSSR count). The standard InChI is InChI=1S/C24H27N3O4S/c1-15-8-16(2)22-18(9-15)11-19(23(28)26-22)13-27(24(32)25-6-7-29-3)12-17-4-5-20-21(10-17)31-14-30-20/h4-5,8-11H,6-7,12-14H2,1-3H3,(H,25,32)(H,26,28). The Bertz CT molecular complexity index is 1210. The SMILES string of the molecule is COCCNC(=S)N(Cc1ccc2c(c1)OCO2)Cc1cc2cc(C)cc(C)c2[nH]c1=O. The fourth-order valence-corrected chi connectivity index (χ4v) is 4.12. The topological polar surface area (TPSA) is 75.8 Å². The van der Waals surface area contributed by atoms with Crippen molar-refractivity contribution in [1.82, 2.24) is 15.2 Å². The number of hydrogen-bond acceptors (Lipinski definition) is 5. The first kappa shape index (κ1) is 22.1. The molecule has 7 nitrogen and oxygen atoms in total. The highest BCUT2D eigenvalue weighted by molar-refractivity contribution is 7.80. The quantitative estimate of drug-likeness (QED) is 0.419. The number of hydrogen-bond donors (Lipinski definition) is 2. The molecule has 0 atom stereocenters. The average molecular weight is 454 g/mol. The summed E-state index contributed by atoms with van der Waals surface area (Å²) in [4.78, 5) is 17.9. The van der Waals surface area contributed by atoms with E-state index in [0.29, 0.717) is 36.9 Å². The monoisotopic (exact) mass is 453 g/mol. The highest BCUT2D eigenvalue weighted by Gasteiger charge is 2.18. The van der Waals surface area contributed by atoms with Crippen molar-refractivity contribution in [3.63, 3.8) is 0 Å². The third kappa shape index (κ3) is 4.87. The second-order valence-electron chi connectivity index (χ2n) is 7.94. The van der Waals surface area contributed by atoms with Crippen molar-refractivity contribution in [3.8, 4) is 11.5 Å². The molecule has 0 bridgehead atoms. The normalized spacial score (nSPS) is 12.2. The number of pyridine rings is 1. The van der Waals surface area contributed by atoms with Gasteiger partial charge in [-0.3, -0.25) is 4.79 Å². The van der Waals surface area contributed by atoms with Crippen molar-refractivity contribution in [2.75, 3.05) is 27.1 Å². The van der Waals surface area contributed by atoms with Crippen molar-refractivity contribution in [2.24, 2.45) is 0 Å². The number of nitrogens with zero attached hydrogens (tertiary/aromatic N) is 1. The Morgan fingerprint density at radius 2 is 1.97 bits per heavy atom. The van der Waals surface area contributed by atoms with Crippen LogP contribution in [0.2, 0.25) is 0 Å². The second-order valence-corrected chi connectivity index (χ2v) is 8.32. The van der Waals surface area contributed by atoms with Crippen molar-refractivity contribution >= 4 is 28.2 Å². The minimum absolute atomic E-state index is 0.111. The summed E-state index contributed by atoms with van der Waals surface area (Å²) in [6.45, 7) is 6.28. The number of methoxy groups -OCH3 is 1. The summed E-state index contributed by atoms with van der Waals surface area (Å²) in [6, 6.07) is 11.9. The maximum Gasteiger partial charge on any atom is 0.253 e. The second kappa shape index (κ2) is 9.58. The Kier molecular flexibility index (Phi) is 6.62. The molecule has 0 aliphatic carbocycles. The fraction of sp³-hybridized carbons (Fsp3) is 0.333. The average Bonchev–Trinajstić information content (AvgIpc) is 3.22.